The molecule has 0 spiro atoms. The molecular weight excluding hydrogens is 324 g/mol. The van der Waals surface area contributed by atoms with Gasteiger partial charge in [-0.15, -0.1) is 0 Å². The molecule has 1 fully saturated rings. The van der Waals surface area contributed by atoms with E-state index in [1.807, 2.05) is 13.8 Å². The van der Waals surface area contributed by atoms with E-state index < -0.39 is 8.80 Å². The van der Waals surface area contributed by atoms with Crippen molar-refractivity contribution in [1.82, 2.24) is 0 Å². The van der Waals surface area contributed by atoms with Gasteiger partial charge in [0.25, 0.3) is 0 Å². The minimum atomic E-state index is -2.46. The van der Waals surface area contributed by atoms with Crippen LogP contribution < -0.4 is 0 Å². The lowest BCUT2D eigenvalue weighted by molar-refractivity contribution is 0.0514. The van der Waals surface area contributed by atoms with E-state index in [4.69, 9.17) is 13.3 Å². The van der Waals surface area contributed by atoms with Crippen LogP contribution in [0.4, 0.5) is 0 Å². The Balaban J connectivity index is 2.61. The molecule has 0 saturated heterocycles. The van der Waals surface area contributed by atoms with Gasteiger partial charge < -0.3 is 13.3 Å². The summed E-state index contributed by atoms with van der Waals surface area (Å²) in [7, 11) is -2.46. The van der Waals surface area contributed by atoms with Gasteiger partial charge in [-0.2, -0.15) is 0 Å². The molecule has 1 aliphatic rings. The van der Waals surface area contributed by atoms with Crippen molar-refractivity contribution in [3.8, 4) is 0 Å². The summed E-state index contributed by atoms with van der Waals surface area (Å²) in [6.07, 6.45) is 8.59. The molecule has 114 valence electrons. The maximum atomic E-state index is 6.23. The Kier molecular flexibility index (Phi) is 9.58. The molecule has 0 aromatic carbocycles. The van der Waals surface area contributed by atoms with Gasteiger partial charge in [0.1, 0.15) is 0 Å². The summed E-state index contributed by atoms with van der Waals surface area (Å²) in [4.78, 5) is 0. The van der Waals surface area contributed by atoms with Gasteiger partial charge in [0.2, 0.25) is 0 Å². The Morgan fingerprint density at radius 2 is 1.58 bits per heavy atom. The zero-order valence-corrected chi connectivity index (χ0v) is 15.0. The third-order valence-electron chi connectivity index (χ3n) is 3.63. The van der Waals surface area contributed by atoms with Gasteiger partial charge in [-0.05, 0) is 39.5 Å². The molecule has 5 heteroatoms. The molecule has 1 aliphatic carbocycles. The number of rotatable bonds is 10. The molecule has 0 heterocycles. The number of halogens is 1. The Hall–Kier alpha value is 0.577. The number of hydrogen-bond acceptors (Lipinski definition) is 3. The van der Waals surface area contributed by atoms with E-state index >= 15 is 0 Å². The van der Waals surface area contributed by atoms with E-state index in [1.165, 1.54) is 32.1 Å². The molecular formula is C14H29BrO3Si. The van der Waals surface area contributed by atoms with Crippen molar-refractivity contribution in [2.24, 2.45) is 0 Å². The molecule has 3 nitrogen and oxygen atoms in total. The van der Waals surface area contributed by atoms with Crippen LogP contribution in [-0.2, 0) is 13.3 Å². The van der Waals surface area contributed by atoms with E-state index in [-0.39, 0.29) is 0 Å². The van der Waals surface area contributed by atoms with Gasteiger partial charge >= 0.3 is 8.80 Å². The first-order chi connectivity index (χ1) is 9.29. The van der Waals surface area contributed by atoms with Crippen LogP contribution in [0, 0.1) is 0 Å². The van der Waals surface area contributed by atoms with Crippen LogP contribution in [-0.4, -0.2) is 34.0 Å². The maximum Gasteiger partial charge on any atom is 0.504 e. The molecule has 0 amide bonds. The van der Waals surface area contributed by atoms with Gasteiger partial charge in [0, 0.05) is 30.7 Å². The smallest absolute Gasteiger partial charge is 0.374 e. The lowest BCUT2D eigenvalue weighted by atomic mass is 10.0. The van der Waals surface area contributed by atoms with Crippen molar-refractivity contribution < 1.29 is 13.3 Å². The minimum absolute atomic E-state index is 0.519. The molecule has 0 atom stereocenters. The summed E-state index contributed by atoms with van der Waals surface area (Å²) in [5.74, 6) is 0. The molecule has 1 rings (SSSR count). The lowest BCUT2D eigenvalue weighted by Crippen LogP contribution is -2.51. The maximum absolute atomic E-state index is 6.23. The Morgan fingerprint density at radius 1 is 0.947 bits per heavy atom. The highest BCUT2D eigenvalue weighted by Crippen LogP contribution is 2.39. The highest BCUT2D eigenvalue weighted by Gasteiger charge is 2.49. The van der Waals surface area contributed by atoms with Crippen LogP contribution in [0.25, 0.3) is 0 Å². The fourth-order valence-corrected chi connectivity index (χ4v) is 6.45. The topological polar surface area (TPSA) is 27.7 Å². The van der Waals surface area contributed by atoms with E-state index in [2.05, 4.69) is 15.9 Å². The fraction of sp³-hybridized carbons (Fsp3) is 1.00. The SMILES string of the molecule is CCO[Si](OCC)(OCCCCBr)C1CCCCC1. The van der Waals surface area contributed by atoms with Gasteiger partial charge in [-0.3, -0.25) is 0 Å². The van der Waals surface area contributed by atoms with Crippen LogP contribution in [0.15, 0.2) is 0 Å². The zero-order valence-electron chi connectivity index (χ0n) is 12.5. The van der Waals surface area contributed by atoms with Gasteiger partial charge in [-0.25, -0.2) is 0 Å². The highest BCUT2D eigenvalue weighted by molar-refractivity contribution is 9.09. The molecule has 0 radical (unpaired) electrons. The van der Waals surface area contributed by atoms with Crippen molar-refractivity contribution in [1.29, 1.82) is 0 Å². The van der Waals surface area contributed by atoms with Gasteiger partial charge in [0.15, 0.2) is 0 Å². The summed E-state index contributed by atoms with van der Waals surface area (Å²) >= 11 is 3.46. The monoisotopic (exact) mass is 352 g/mol. The molecule has 0 aliphatic heterocycles. The second-order valence-corrected chi connectivity index (χ2v) is 8.73. The third-order valence-corrected chi connectivity index (χ3v) is 7.75. The summed E-state index contributed by atoms with van der Waals surface area (Å²) in [6.45, 7) is 6.26. The van der Waals surface area contributed by atoms with Crippen molar-refractivity contribution in [3.05, 3.63) is 0 Å². The first-order valence-corrected chi connectivity index (χ1v) is 10.7. The van der Waals surface area contributed by atoms with Crippen LogP contribution >= 0.6 is 15.9 Å². The Labute approximate surface area is 127 Å². The van der Waals surface area contributed by atoms with E-state index in [0.717, 1.165) is 24.8 Å². The van der Waals surface area contributed by atoms with E-state index in [0.29, 0.717) is 18.8 Å². The quantitative estimate of drug-likeness (QED) is 0.328. The largest absolute Gasteiger partial charge is 0.504 e. The van der Waals surface area contributed by atoms with Crippen molar-refractivity contribution in [3.63, 3.8) is 0 Å². The number of unbranched alkanes of at least 4 members (excludes halogenated alkanes) is 1. The summed E-state index contributed by atoms with van der Waals surface area (Å²) in [5.41, 5.74) is 0.519. The predicted octanol–water partition coefficient (Wildman–Crippen LogP) is 4.52. The van der Waals surface area contributed by atoms with Gasteiger partial charge in [0.05, 0.1) is 0 Å². The summed E-state index contributed by atoms with van der Waals surface area (Å²) in [5, 5.41) is 1.04. The molecule has 19 heavy (non-hydrogen) atoms. The molecule has 0 aromatic rings. The third kappa shape index (κ3) is 5.84. The van der Waals surface area contributed by atoms with E-state index in [1.54, 1.807) is 0 Å². The van der Waals surface area contributed by atoms with Crippen molar-refractivity contribution in [2.45, 2.75) is 64.3 Å². The molecule has 0 N–H and O–H groups in total. The van der Waals surface area contributed by atoms with E-state index in [9.17, 15) is 0 Å². The normalized spacial score (nSPS) is 17.8. The second kappa shape index (κ2) is 10.3. The van der Waals surface area contributed by atoms with Crippen molar-refractivity contribution in [2.75, 3.05) is 25.2 Å². The average molecular weight is 353 g/mol. The van der Waals surface area contributed by atoms with Crippen molar-refractivity contribution >= 4 is 24.7 Å². The molecule has 0 unspecified atom stereocenters. The van der Waals surface area contributed by atoms with Gasteiger partial charge in [-0.1, -0.05) is 35.2 Å². The predicted molar refractivity (Wildman–Crippen MR) is 84.8 cm³/mol. The molecule has 1 saturated carbocycles. The minimum Gasteiger partial charge on any atom is -0.374 e. The second-order valence-electron chi connectivity index (χ2n) is 5.05. The zero-order chi connectivity index (χ0) is 14.0. The summed E-state index contributed by atoms with van der Waals surface area (Å²) in [6, 6.07) is 0. The van der Waals surface area contributed by atoms with Crippen LogP contribution in [0.2, 0.25) is 5.54 Å². The number of hydrogen-bond donors (Lipinski definition) is 0. The van der Waals surface area contributed by atoms with Crippen LogP contribution in [0.3, 0.4) is 0 Å². The van der Waals surface area contributed by atoms with Crippen LogP contribution in [0.1, 0.15) is 58.8 Å². The Bertz CT molecular complexity index is 217. The standard InChI is InChI=1S/C14H29BrO3Si/c1-3-16-19(17-4-2,18-13-9-8-12-15)14-10-6-5-7-11-14/h14H,3-13H2,1-2H3. The summed E-state index contributed by atoms with van der Waals surface area (Å²) < 4.78 is 18.4. The van der Waals surface area contributed by atoms with Crippen LogP contribution in [0.5, 0.6) is 0 Å². The number of alkyl halides is 1. The lowest BCUT2D eigenvalue weighted by Gasteiger charge is -2.37. The Morgan fingerprint density at radius 3 is 2.11 bits per heavy atom. The highest BCUT2D eigenvalue weighted by atomic mass is 79.9. The molecule has 0 bridgehead atoms. The molecule has 0 aromatic heterocycles. The first-order valence-electron chi connectivity index (χ1n) is 7.77. The average Bonchev–Trinajstić information content (AvgIpc) is 2.45. The fourth-order valence-electron chi connectivity index (χ4n) is 2.75. The first kappa shape index (κ1) is 17.6.